The Morgan fingerprint density at radius 1 is 0.284 bits per heavy atom. The Hall–Kier alpha value is -2.63. The van der Waals surface area contributed by atoms with Gasteiger partial charge in [0.25, 0.3) is 0 Å². The second-order valence-corrected chi connectivity index (χ2v) is 22.0. The van der Waals surface area contributed by atoms with E-state index in [0.29, 0.717) is 19.3 Å². The molecular formula is C68H124O6. The number of rotatable bonds is 60. The molecule has 0 amide bonds. The third kappa shape index (κ3) is 60.2. The van der Waals surface area contributed by atoms with Gasteiger partial charge in [0.15, 0.2) is 6.10 Å². The van der Waals surface area contributed by atoms with E-state index < -0.39 is 6.10 Å². The van der Waals surface area contributed by atoms with E-state index in [-0.39, 0.29) is 31.1 Å². The highest BCUT2D eigenvalue weighted by Gasteiger charge is 2.19. The molecule has 0 saturated carbocycles. The van der Waals surface area contributed by atoms with Crippen molar-refractivity contribution in [3.63, 3.8) is 0 Å². The van der Waals surface area contributed by atoms with Gasteiger partial charge in [-0.2, -0.15) is 0 Å². The zero-order valence-electron chi connectivity index (χ0n) is 49.6. The second-order valence-electron chi connectivity index (χ2n) is 22.0. The van der Waals surface area contributed by atoms with Crippen LogP contribution >= 0.6 is 0 Å². The van der Waals surface area contributed by atoms with Crippen LogP contribution in [0.5, 0.6) is 0 Å². The second kappa shape index (κ2) is 62.9. The van der Waals surface area contributed by atoms with Gasteiger partial charge in [-0.05, 0) is 57.8 Å². The normalized spacial score (nSPS) is 12.3. The number of unbranched alkanes of at least 4 members (excludes halogenated alkanes) is 41. The van der Waals surface area contributed by atoms with Crippen LogP contribution in [0.4, 0.5) is 0 Å². The van der Waals surface area contributed by atoms with Crippen molar-refractivity contribution in [1.29, 1.82) is 0 Å². The minimum Gasteiger partial charge on any atom is -0.462 e. The zero-order chi connectivity index (χ0) is 53.6. The van der Waals surface area contributed by atoms with Crippen LogP contribution in [0.1, 0.15) is 348 Å². The molecule has 432 valence electrons. The number of ether oxygens (including phenoxy) is 3. The van der Waals surface area contributed by atoms with E-state index in [2.05, 4.69) is 69.4 Å². The molecule has 0 bridgehead atoms. The fourth-order valence-electron chi connectivity index (χ4n) is 9.73. The highest BCUT2D eigenvalue weighted by atomic mass is 16.6. The highest BCUT2D eigenvalue weighted by molar-refractivity contribution is 5.71. The fourth-order valence-corrected chi connectivity index (χ4v) is 9.73. The lowest BCUT2D eigenvalue weighted by atomic mass is 10.0. The molecule has 0 heterocycles. The van der Waals surface area contributed by atoms with Crippen LogP contribution in [0.25, 0.3) is 0 Å². The SMILES string of the molecule is CC/C=C\C/C=C\C/C=C\C/C=C\CCCCCCCCCCC(=O)OCC(COC(=O)CCCCCCCCCCCCCCCCC)OC(=O)CCCCCCCCCCCCCCCCCCCCCC. The van der Waals surface area contributed by atoms with Crippen LogP contribution in [0.2, 0.25) is 0 Å². The number of carbonyl (C=O) groups is 3. The monoisotopic (exact) mass is 1040 g/mol. The highest BCUT2D eigenvalue weighted by Crippen LogP contribution is 2.18. The molecule has 0 aromatic heterocycles. The van der Waals surface area contributed by atoms with E-state index in [1.165, 1.54) is 218 Å². The third-order valence-corrected chi connectivity index (χ3v) is 14.6. The van der Waals surface area contributed by atoms with E-state index in [1.54, 1.807) is 0 Å². The van der Waals surface area contributed by atoms with Gasteiger partial charge in [-0.3, -0.25) is 14.4 Å². The van der Waals surface area contributed by atoms with Gasteiger partial charge in [-0.1, -0.05) is 320 Å². The first kappa shape index (κ1) is 71.4. The van der Waals surface area contributed by atoms with Gasteiger partial charge in [0, 0.05) is 19.3 Å². The molecule has 0 aliphatic carbocycles. The van der Waals surface area contributed by atoms with Crippen LogP contribution in [0.15, 0.2) is 48.6 Å². The third-order valence-electron chi connectivity index (χ3n) is 14.6. The topological polar surface area (TPSA) is 78.9 Å². The standard InChI is InChI=1S/C68H124O6/c1-4-7-10-13-16-19-22-25-28-30-32-34-36-37-40-43-46-49-52-55-58-61-67(70)73-64-65(63-72-66(69)60-57-54-51-48-45-42-39-27-24-21-18-15-12-9-6-3)74-68(71)62-59-56-53-50-47-44-41-38-35-33-31-29-26-23-20-17-14-11-8-5-2/h7,10,16,19,25,28,32,34,65H,4-6,8-9,11-15,17-18,20-24,26-27,29-31,33,35-64H2,1-3H3/b10-7-,19-16-,28-25-,34-32-. The van der Waals surface area contributed by atoms with Crippen molar-refractivity contribution in [2.24, 2.45) is 0 Å². The van der Waals surface area contributed by atoms with E-state index in [4.69, 9.17) is 14.2 Å². The summed E-state index contributed by atoms with van der Waals surface area (Å²) in [5.74, 6) is -0.853. The number of hydrogen-bond acceptors (Lipinski definition) is 6. The summed E-state index contributed by atoms with van der Waals surface area (Å²) < 4.78 is 17.0. The molecule has 0 aliphatic heterocycles. The summed E-state index contributed by atoms with van der Waals surface area (Å²) in [7, 11) is 0. The first-order valence-electron chi connectivity index (χ1n) is 32.6. The lowest BCUT2D eigenvalue weighted by Crippen LogP contribution is -2.30. The summed E-state index contributed by atoms with van der Waals surface area (Å²) in [5, 5.41) is 0. The molecule has 6 heteroatoms. The van der Waals surface area contributed by atoms with Crippen molar-refractivity contribution in [1.82, 2.24) is 0 Å². The lowest BCUT2D eigenvalue weighted by molar-refractivity contribution is -0.167. The smallest absolute Gasteiger partial charge is 0.306 e. The molecule has 0 aromatic carbocycles. The number of esters is 3. The zero-order valence-corrected chi connectivity index (χ0v) is 49.6. The maximum Gasteiger partial charge on any atom is 0.306 e. The molecule has 1 atom stereocenters. The molecule has 1 unspecified atom stereocenters. The average Bonchev–Trinajstić information content (AvgIpc) is 3.40. The fraction of sp³-hybridized carbons (Fsp3) is 0.838. The predicted octanol–water partition coefficient (Wildman–Crippen LogP) is 22.2. The molecule has 74 heavy (non-hydrogen) atoms. The summed E-state index contributed by atoms with van der Waals surface area (Å²) in [4.78, 5) is 38.4. The van der Waals surface area contributed by atoms with Gasteiger partial charge in [0.1, 0.15) is 13.2 Å². The Balaban J connectivity index is 4.32. The van der Waals surface area contributed by atoms with Crippen molar-refractivity contribution in [3.05, 3.63) is 48.6 Å². The van der Waals surface area contributed by atoms with Crippen molar-refractivity contribution < 1.29 is 28.6 Å². The average molecular weight is 1040 g/mol. The van der Waals surface area contributed by atoms with Gasteiger partial charge in [0.2, 0.25) is 0 Å². The minimum absolute atomic E-state index is 0.0701. The molecule has 0 radical (unpaired) electrons. The summed E-state index contributed by atoms with van der Waals surface area (Å²) in [5.41, 5.74) is 0. The predicted molar refractivity (Wildman–Crippen MR) is 321 cm³/mol. The van der Waals surface area contributed by atoms with Crippen LogP contribution < -0.4 is 0 Å². The Morgan fingerprint density at radius 2 is 0.527 bits per heavy atom. The lowest BCUT2D eigenvalue weighted by Gasteiger charge is -2.18. The number of hydrogen-bond donors (Lipinski definition) is 0. The number of allylic oxidation sites excluding steroid dienone is 8. The quantitative estimate of drug-likeness (QED) is 0.0261. The molecule has 0 fully saturated rings. The van der Waals surface area contributed by atoms with Crippen LogP contribution in [-0.4, -0.2) is 37.2 Å². The van der Waals surface area contributed by atoms with Gasteiger partial charge >= 0.3 is 17.9 Å². The summed E-state index contributed by atoms with van der Waals surface area (Å²) in [6.07, 6.45) is 78.3. The van der Waals surface area contributed by atoms with Crippen molar-refractivity contribution >= 4 is 17.9 Å². The van der Waals surface area contributed by atoms with Crippen LogP contribution in [0, 0.1) is 0 Å². The first-order valence-corrected chi connectivity index (χ1v) is 32.6. The maximum absolute atomic E-state index is 12.9. The minimum atomic E-state index is -0.774. The van der Waals surface area contributed by atoms with Crippen molar-refractivity contribution in [2.75, 3.05) is 13.2 Å². The van der Waals surface area contributed by atoms with E-state index in [9.17, 15) is 14.4 Å². The van der Waals surface area contributed by atoms with Crippen molar-refractivity contribution in [3.8, 4) is 0 Å². The molecule has 0 aromatic rings. The maximum atomic E-state index is 12.9. The molecule has 6 nitrogen and oxygen atoms in total. The van der Waals surface area contributed by atoms with E-state index in [0.717, 1.165) is 89.9 Å². The van der Waals surface area contributed by atoms with E-state index in [1.807, 2.05) is 0 Å². The molecular weight excluding hydrogens is 913 g/mol. The van der Waals surface area contributed by atoms with Crippen LogP contribution in [-0.2, 0) is 28.6 Å². The summed E-state index contributed by atoms with van der Waals surface area (Å²) in [6, 6.07) is 0. The Kier molecular flexibility index (Phi) is 60.7. The summed E-state index contributed by atoms with van der Waals surface area (Å²) >= 11 is 0. The Labute approximate surface area is 460 Å². The van der Waals surface area contributed by atoms with Crippen molar-refractivity contribution in [2.45, 2.75) is 354 Å². The van der Waals surface area contributed by atoms with Gasteiger partial charge in [0.05, 0.1) is 0 Å². The van der Waals surface area contributed by atoms with Gasteiger partial charge in [-0.15, -0.1) is 0 Å². The van der Waals surface area contributed by atoms with Crippen LogP contribution in [0.3, 0.4) is 0 Å². The molecule has 0 spiro atoms. The number of carbonyl (C=O) groups excluding carboxylic acids is 3. The molecule has 0 N–H and O–H groups in total. The summed E-state index contributed by atoms with van der Waals surface area (Å²) in [6.45, 7) is 6.59. The van der Waals surface area contributed by atoms with Gasteiger partial charge < -0.3 is 14.2 Å². The van der Waals surface area contributed by atoms with E-state index >= 15 is 0 Å². The van der Waals surface area contributed by atoms with Gasteiger partial charge in [-0.25, -0.2) is 0 Å². The first-order chi connectivity index (χ1) is 36.5. The molecule has 0 rings (SSSR count). The molecule has 0 saturated heterocycles. The molecule has 0 aliphatic rings. The largest absolute Gasteiger partial charge is 0.462 e. The Bertz CT molecular complexity index is 1280. The Morgan fingerprint density at radius 3 is 0.824 bits per heavy atom.